The molecule has 96 valence electrons. The molecular weight excluding hydrogens is 200 g/mol. The van der Waals surface area contributed by atoms with Crippen LogP contribution in [0.5, 0.6) is 0 Å². The molecule has 0 rings (SSSR count). The fourth-order valence-corrected chi connectivity index (χ4v) is 1.70. The normalized spacial score (nSPS) is 15.8. The second kappa shape index (κ2) is 7.83. The molecule has 0 bridgehead atoms. The van der Waals surface area contributed by atoms with Gasteiger partial charge in [0.1, 0.15) is 6.29 Å². The van der Waals surface area contributed by atoms with Gasteiger partial charge in [-0.15, -0.1) is 0 Å². The van der Waals surface area contributed by atoms with E-state index in [1.54, 1.807) is 0 Å². The van der Waals surface area contributed by atoms with Crippen molar-refractivity contribution >= 4 is 6.29 Å². The van der Waals surface area contributed by atoms with Crippen LogP contribution in [0, 0.1) is 11.8 Å². The number of ether oxygens (including phenoxy) is 1. The predicted molar refractivity (Wildman–Crippen MR) is 68.6 cm³/mol. The van der Waals surface area contributed by atoms with Crippen molar-refractivity contribution in [2.45, 2.75) is 65.9 Å². The monoisotopic (exact) mass is 228 g/mol. The van der Waals surface area contributed by atoms with E-state index in [2.05, 4.69) is 27.7 Å². The van der Waals surface area contributed by atoms with E-state index < -0.39 is 0 Å². The highest BCUT2D eigenvalue weighted by Gasteiger charge is 2.19. The van der Waals surface area contributed by atoms with E-state index in [9.17, 15) is 4.79 Å². The molecule has 0 aliphatic carbocycles. The lowest BCUT2D eigenvalue weighted by atomic mass is 9.90. The van der Waals surface area contributed by atoms with Crippen LogP contribution in [0.1, 0.15) is 60.3 Å². The van der Waals surface area contributed by atoms with Crippen LogP contribution in [-0.4, -0.2) is 18.5 Å². The molecule has 0 radical (unpaired) electrons. The standard InChI is InChI=1S/C14H28O2/c1-6-10-16-14(4,5)9-7-8-12(2)13(3)11-15/h11-13H,6-10H2,1-5H3. The fourth-order valence-electron chi connectivity index (χ4n) is 1.70. The minimum atomic E-state index is -0.0137. The summed E-state index contributed by atoms with van der Waals surface area (Å²) in [5.74, 6) is 0.666. The average Bonchev–Trinajstić information content (AvgIpc) is 2.24. The van der Waals surface area contributed by atoms with Gasteiger partial charge in [-0.2, -0.15) is 0 Å². The smallest absolute Gasteiger partial charge is 0.123 e. The van der Waals surface area contributed by atoms with Gasteiger partial charge in [0, 0.05) is 12.5 Å². The summed E-state index contributed by atoms with van der Waals surface area (Å²) in [5, 5.41) is 0. The van der Waals surface area contributed by atoms with Crippen molar-refractivity contribution < 1.29 is 9.53 Å². The Morgan fingerprint density at radius 2 is 1.94 bits per heavy atom. The second-order valence-corrected chi connectivity index (χ2v) is 5.47. The number of hydrogen-bond acceptors (Lipinski definition) is 2. The van der Waals surface area contributed by atoms with Crippen LogP contribution >= 0.6 is 0 Å². The molecule has 0 aliphatic heterocycles. The topological polar surface area (TPSA) is 26.3 Å². The SMILES string of the molecule is CCCOC(C)(C)CCCC(C)C(C)C=O. The number of hydrogen-bond donors (Lipinski definition) is 0. The minimum Gasteiger partial charge on any atom is -0.376 e. The lowest BCUT2D eigenvalue weighted by Crippen LogP contribution is -2.25. The van der Waals surface area contributed by atoms with Crippen molar-refractivity contribution in [3.05, 3.63) is 0 Å². The zero-order chi connectivity index (χ0) is 12.6. The molecule has 0 aliphatic rings. The Hall–Kier alpha value is -0.370. The summed E-state index contributed by atoms with van der Waals surface area (Å²) in [4.78, 5) is 10.6. The number of rotatable bonds is 9. The van der Waals surface area contributed by atoms with Gasteiger partial charge in [0.2, 0.25) is 0 Å². The highest BCUT2D eigenvalue weighted by Crippen LogP contribution is 2.22. The van der Waals surface area contributed by atoms with Crippen molar-refractivity contribution in [3.63, 3.8) is 0 Å². The molecule has 2 unspecified atom stereocenters. The number of carbonyl (C=O) groups excluding carboxylic acids is 1. The van der Waals surface area contributed by atoms with Gasteiger partial charge in [0.05, 0.1) is 5.60 Å². The predicted octanol–water partition coefficient (Wildman–Crippen LogP) is 3.83. The Kier molecular flexibility index (Phi) is 7.65. The zero-order valence-electron chi connectivity index (χ0n) is 11.6. The minimum absolute atomic E-state index is 0.0137. The molecule has 2 atom stereocenters. The average molecular weight is 228 g/mol. The third-order valence-corrected chi connectivity index (χ3v) is 3.25. The molecule has 16 heavy (non-hydrogen) atoms. The van der Waals surface area contributed by atoms with E-state index in [1.807, 2.05) is 6.92 Å². The molecule has 0 heterocycles. The van der Waals surface area contributed by atoms with E-state index in [4.69, 9.17) is 4.74 Å². The molecule has 0 fully saturated rings. The Balaban J connectivity index is 3.75. The molecule has 0 aromatic rings. The Morgan fingerprint density at radius 3 is 2.44 bits per heavy atom. The van der Waals surface area contributed by atoms with Crippen LogP contribution < -0.4 is 0 Å². The van der Waals surface area contributed by atoms with Gasteiger partial charge in [-0.05, 0) is 39.0 Å². The van der Waals surface area contributed by atoms with E-state index in [1.165, 1.54) is 0 Å². The van der Waals surface area contributed by atoms with Gasteiger partial charge in [0.15, 0.2) is 0 Å². The first-order valence-electron chi connectivity index (χ1n) is 6.52. The molecule has 0 aromatic carbocycles. The Bertz CT molecular complexity index is 187. The summed E-state index contributed by atoms with van der Waals surface area (Å²) in [7, 11) is 0. The number of aldehydes is 1. The highest BCUT2D eigenvalue weighted by atomic mass is 16.5. The molecule has 2 heteroatoms. The quantitative estimate of drug-likeness (QED) is 0.561. The molecule has 0 amide bonds. The van der Waals surface area contributed by atoms with Crippen molar-refractivity contribution in [3.8, 4) is 0 Å². The molecular formula is C14H28O2. The Labute approximate surface area is 101 Å². The van der Waals surface area contributed by atoms with Crippen LogP contribution in [0.25, 0.3) is 0 Å². The second-order valence-electron chi connectivity index (χ2n) is 5.47. The first-order chi connectivity index (χ1) is 7.43. The van der Waals surface area contributed by atoms with E-state index in [-0.39, 0.29) is 11.5 Å². The third kappa shape index (κ3) is 7.00. The molecule has 0 saturated carbocycles. The summed E-state index contributed by atoms with van der Waals surface area (Å²) < 4.78 is 5.78. The van der Waals surface area contributed by atoms with Crippen LogP contribution in [0.15, 0.2) is 0 Å². The van der Waals surface area contributed by atoms with Crippen molar-refractivity contribution in [2.24, 2.45) is 11.8 Å². The summed E-state index contributed by atoms with van der Waals surface area (Å²) in [5.41, 5.74) is -0.0137. The molecule has 0 N–H and O–H groups in total. The maximum absolute atomic E-state index is 10.6. The lowest BCUT2D eigenvalue weighted by molar-refractivity contribution is -0.111. The summed E-state index contributed by atoms with van der Waals surface area (Å²) >= 11 is 0. The van der Waals surface area contributed by atoms with E-state index in [0.29, 0.717) is 5.92 Å². The van der Waals surface area contributed by atoms with Crippen LogP contribution in [0.2, 0.25) is 0 Å². The van der Waals surface area contributed by atoms with Crippen molar-refractivity contribution in [1.29, 1.82) is 0 Å². The zero-order valence-corrected chi connectivity index (χ0v) is 11.6. The van der Waals surface area contributed by atoms with Crippen molar-refractivity contribution in [1.82, 2.24) is 0 Å². The van der Waals surface area contributed by atoms with Gasteiger partial charge < -0.3 is 9.53 Å². The maximum atomic E-state index is 10.6. The lowest BCUT2D eigenvalue weighted by Gasteiger charge is -2.26. The molecule has 0 aromatic heterocycles. The van der Waals surface area contributed by atoms with Gasteiger partial charge >= 0.3 is 0 Å². The van der Waals surface area contributed by atoms with Gasteiger partial charge in [0.25, 0.3) is 0 Å². The molecule has 0 saturated heterocycles. The number of carbonyl (C=O) groups is 1. The van der Waals surface area contributed by atoms with Crippen LogP contribution in [0.3, 0.4) is 0 Å². The van der Waals surface area contributed by atoms with E-state index in [0.717, 1.165) is 38.6 Å². The van der Waals surface area contributed by atoms with E-state index >= 15 is 0 Å². The van der Waals surface area contributed by atoms with Gasteiger partial charge in [-0.3, -0.25) is 0 Å². The first-order valence-corrected chi connectivity index (χ1v) is 6.52. The fraction of sp³-hybridized carbons (Fsp3) is 0.929. The highest BCUT2D eigenvalue weighted by molar-refractivity contribution is 5.53. The van der Waals surface area contributed by atoms with Gasteiger partial charge in [-0.1, -0.05) is 27.2 Å². The van der Waals surface area contributed by atoms with Crippen molar-refractivity contribution in [2.75, 3.05) is 6.61 Å². The Morgan fingerprint density at radius 1 is 1.31 bits per heavy atom. The summed E-state index contributed by atoms with van der Waals surface area (Å²) in [6.45, 7) is 11.4. The summed E-state index contributed by atoms with van der Waals surface area (Å²) in [6.07, 6.45) is 5.45. The third-order valence-electron chi connectivity index (χ3n) is 3.25. The van der Waals surface area contributed by atoms with Gasteiger partial charge in [-0.25, -0.2) is 0 Å². The van der Waals surface area contributed by atoms with Crippen LogP contribution in [-0.2, 0) is 9.53 Å². The largest absolute Gasteiger partial charge is 0.376 e. The first kappa shape index (κ1) is 15.6. The maximum Gasteiger partial charge on any atom is 0.123 e. The van der Waals surface area contributed by atoms with Crippen LogP contribution in [0.4, 0.5) is 0 Å². The molecule has 2 nitrogen and oxygen atoms in total. The molecule has 0 spiro atoms. The summed E-state index contributed by atoms with van der Waals surface area (Å²) in [6, 6.07) is 0.